The molecule has 3 nitrogen and oxygen atoms in total. The molecule has 0 radical (unpaired) electrons. The van der Waals surface area contributed by atoms with E-state index in [9.17, 15) is 4.79 Å². The van der Waals surface area contributed by atoms with Gasteiger partial charge in [0.25, 0.3) is 5.91 Å². The minimum absolute atomic E-state index is 0.0737. The highest BCUT2D eigenvalue weighted by atomic mass is 79.9. The third-order valence-electron chi connectivity index (χ3n) is 3.78. The van der Waals surface area contributed by atoms with Crippen molar-refractivity contribution in [2.24, 2.45) is 5.92 Å². The average Bonchev–Trinajstić information content (AvgIpc) is 2.65. The van der Waals surface area contributed by atoms with Crippen molar-refractivity contribution in [3.63, 3.8) is 0 Å². The number of hydrogen-bond acceptors (Lipinski definition) is 2. The fraction of sp³-hybridized carbons (Fsp3) is 0.600. The first-order chi connectivity index (χ1) is 9.20. The molecule has 0 aromatic carbocycles. The minimum atomic E-state index is 0.0737. The van der Waals surface area contributed by atoms with Crippen LogP contribution in [0.2, 0.25) is 0 Å². The molecule has 2 rings (SSSR count). The topological polar surface area (TPSA) is 33.2 Å². The Kier molecular flexibility index (Phi) is 5.37. The lowest BCUT2D eigenvalue weighted by atomic mass is 9.96. The molecule has 1 aliphatic heterocycles. The number of hydrogen-bond donors (Lipinski definition) is 0. The number of rotatable bonds is 3. The maximum Gasteiger partial charge on any atom is 0.272 e. The molecule has 1 aliphatic rings. The van der Waals surface area contributed by atoms with Crippen LogP contribution < -0.4 is 0 Å². The van der Waals surface area contributed by atoms with Crippen LogP contribution in [0.15, 0.2) is 22.8 Å². The maximum absolute atomic E-state index is 12.4. The summed E-state index contributed by atoms with van der Waals surface area (Å²) >= 11 is 3.34. The van der Waals surface area contributed by atoms with Gasteiger partial charge in [0.05, 0.1) is 0 Å². The maximum atomic E-state index is 12.4. The largest absolute Gasteiger partial charge is 0.337 e. The lowest BCUT2D eigenvalue weighted by Crippen LogP contribution is -2.32. The van der Waals surface area contributed by atoms with Gasteiger partial charge >= 0.3 is 0 Å². The Morgan fingerprint density at radius 1 is 1.42 bits per heavy atom. The van der Waals surface area contributed by atoms with E-state index in [1.165, 1.54) is 19.3 Å². The molecule has 2 heterocycles. The molecule has 4 heteroatoms. The second kappa shape index (κ2) is 7.04. The standard InChI is InChI=1S/C15H21BrN2O/c1-2-4-12-5-3-9-18(10-8-12)15(19)14-7-6-13(16)11-17-14/h6-7,11-12H,2-5,8-10H2,1H3. The zero-order valence-corrected chi connectivity index (χ0v) is 13.0. The van der Waals surface area contributed by atoms with Crippen LogP contribution in [0.5, 0.6) is 0 Å². The molecule has 0 saturated carbocycles. The Morgan fingerprint density at radius 3 is 2.95 bits per heavy atom. The van der Waals surface area contributed by atoms with E-state index in [4.69, 9.17) is 0 Å². The first kappa shape index (κ1) is 14.5. The molecular weight excluding hydrogens is 304 g/mol. The van der Waals surface area contributed by atoms with E-state index in [0.717, 1.165) is 36.3 Å². The first-order valence-corrected chi connectivity index (χ1v) is 7.91. The molecule has 0 spiro atoms. The Morgan fingerprint density at radius 2 is 2.26 bits per heavy atom. The van der Waals surface area contributed by atoms with Gasteiger partial charge < -0.3 is 4.90 Å². The predicted molar refractivity (Wildman–Crippen MR) is 80.1 cm³/mol. The fourth-order valence-corrected chi connectivity index (χ4v) is 2.96. The van der Waals surface area contributed by atoms with Crippen LogP contribution in [0, 0.1) is 5.92 Å². The van der Waals surface area contributed by atoms with Gasteiger partial charge in [0.2, 0.25) is 0 Å². The van der Waals surface area contributed by atoms with Gasteiger partial charge in [-0.1, -0.05) is 19.8 Å². The van der Waals surface area contributed by atoms with Crippen molar-refractivity contribution >= 4 is 21.8 Å². The number of likely N-dealkylation sites (tertiary alicyclic amines) is 1. The molecule has 1 aromatic rings. The molecule has 1 amide bonds. The lowest BCUT2D eigenvalue weighted by molar-refractivity contribution is 0.0754. The minimum Gasteiger partial charge on any atom is -0.337 e. The van der Waals surface area contributed by atoms with Crippen molar-refractivity contribution in [1.82, 2.24) is 9.88 Å². The van der Waals surface area contributed by atoms with Crippen molar-refractivity contribution in [3.8, 4) is 0 Å². The number of carbonyl (C=O) groups excluding carboxylic acids is 1. The number of pyridine rings is 1. The highest BCUT2D eigenvalue weighted by molar-refractivity contribution is 9.10. The summed E-state index contributed by atoms with van der Waals surface area (Å²) in [5.74, 6) is 0.866. The molecule has 19 heavy (non-hydrogen) atoms. The van der Waals surface area contributed by atoms with Crippen LogP contribution in [-0.4, -0.2) is 28.9 Å². The van der Waals surface area contributed by atoms with E-state index >= 15 is 0 Å². The first-order valence-electron chi connectivity index (χ1n) is 7.11. The smallest absolute Gasteiger partial charge is 0.272 e. The van der Waals surface area contributed by atoms with Crippen LogP contribution in [0.3, 0.4) is 0 Å². The number of carbonyl (C=O) groups is 1. The molecule has 1 saturated heterocycles. The van der Waals surface area contributed by atoms with Gasteiger partial charge in [0, 0.05) is 23.8 Å². The van der Waals surface area contributed by atoms with Gasteiger partial charge in [-0.25, -0.2) is 4.98 Å². The summed E-state index contributed by atoms with van der Waals surface area (Å²) in [7, 11) is 0. The van der Waals surface area contributed by atoms with Crippen LogP contribution in [0.1, 0.15) is 49.5 Å². The van der Waals surface area contributed by atoms with Crippen LogP contribution in [0.25, 0.3) is 0 Å². The van der Waals surface area contributed by atoms with Gasteiger partial charge in [-0.15, -0.1) is 0 Å². The van der Waals surface area contributed by atoms with E-state index < -0.39 is 0 Å². The van der Waals surface area contributed by atoms with E-state index in [1.54, 1.807) is 12.3 Å². The van der Waals surface area contributed by atoms with Gasteiger partial charge in [0.15, 0.2) is 0 Å². The molecular formula is C15H21BrN2O. The number of halogens is 1. The molecule has 1 atom stereocenters. The summed E-state index contributed by atoms with van der Waals surface area (Å²) in [6, 6.07) is 3.67. The summed E-state index contributed by atoms with van der Waals surface area (Å²) in [4.78, 5) is 18.5. The van der Waals surface area contributed by atoms with Crippen molar-refractivity contribution in [2.75, 3.05) is 13.1 Å². The quantitative estimate of drug-likeness (QED) is 0.845. The molecule has 0 aliphatic carbocycles. The molecule has 1 fully saturated rings. The average molecular weight is 325 g/mol. The molecule has 1 unspecified atom stereocenters. The van der Waals surface area contributed by atoms with Crippen molar-refractivity contribution < 1.29 is 4.79 Å². The Labute approximate surface area is 123 Å². The van der Waals surface area contributed by atoms with Crippen molar-refractivity contribution in [1.29, 1.82) is 0 Å². The number of aromatic nitrogens is 1. The van der Waals surface area contributed by atoms with Crippen LogP contribution in [0.4, 0.5) is 0 Å². The van der Waals surface area contributed by atoms with Crippen LogP contribution >= 0.6 is 15.9 Å². The monoisotopic (exact) mass is 324 g/mol. The summed E-state index contributed by atoms with van der Waals surface area (Å²) in [5, 5.41) is 0. The van der Waals surface area contributed by atoms with Crippen LogP contribution in [-0.2, 0) is 0 Å². The van der Waals surface area contributed by atoms with E-state index in [0.29, 0.717) is 5.69 Å². The third kappa shape index (κ3) is 4.03. The highest BCUT2D eigenvalue weighted by Crippen LogP contribution is 2.22. The summed E-state index contributed by atoms with van der Waals surface area (Å²) in [5.41, 5.74) is 0.553. The predicted octanol–water partition coefficient (Wildman–Crippen LogP) is 3.89. The summed E-state index contributed by atoms with van der Waals surface area (Å²) in [6.45, 7) is 3.98. The van der Waals surface area contributed by atoms with Gasteiger partial charge in [-0.05, 0) is 53.2 Å². The van der Waals surface area contributed by atoms with E-state index in [1.807, 2.05) is 11.0 Å². The fourth-order valence-electron chi connectivity index (χ4n) is 2.73. The number of amides is 1. The molecule has 0 bridgehead atoms. The van der Waals surface area contributed by atoms with Crippen molar-refractivity contribution in [3.05, 3.63) is 28.5 Å². The van der Waals surface area contributed by atoms with E-state index in [-0.39, 0.29) is 5.91 Å². The normalized spacial score (nSPS) is 20.1. The highest BCUT2D eigenvalue weighted by Gasteiger charge is 2.21. The Balaban J connectivity index is 1.98. The third-order valence-corrected chi connectivity index (χ3v) is 4.25. The van der Waals surface area contributed by atoms with Gasteiger partial charge in [-0.2, -0.15) is 0 Å². The van der Waals surface area contributed by atoms with E-state index in [2.05, 4.69) is 27.8 Å². The molecule has 1 aromatic heterocycles. The number of nitrogens with zero attached hydrogens (tertiary/aromatic N) is 2. The summed E-state index contributed by atoms with van der Waals surface area (Å²) < 4.78 is 0.905. The lowest BCUT2D eigenvalue weighted by Gasteiger charge is -2.20. The summed E-state index contributed by atoms with van der Waals surface area (Å²) in [6.07, 6.45) is 7.73. The molecule has 104 valence electrons. The zero-order valence-electron chi connectivity index (χ0n) is 11.4. The van der Waals surface area contributed by atoms with Gasteiger partial charge in [0.1, 0.15) is 5.69 Å². The van der Waals surface area contributed by atoms with Gasteiger partial charge in [-0.3, -0.25) is 4.79 Å². The second-order valence-electron chi connectivity index (χ2n) is 5.24. The van der Waals surface area contributed by atoms with Crippen molar-refractivity contribution in [2.45, 2.75) is 39.0 Å². The zero-order chi connectivity index (χ0) is 13.7. The molecule has 0 N–H and O–H groups in total. The second-order valence-corrected chi connectivity index (χ2v) is 6.16. The SMILES string of the molecule is CCCC1CCCN(C(=O)c2ccc(Br)cn2)CC1. The Bertz CT molecular complexity index is 419. The Hall–Kier alpha value is -0.900.